The number of rotatable bonds is 2. The molecule has 16 heavy (non-hydrogen) atoms. The van der Waals surface area contributed by atoms with Gasteiger partial charge in [-0.1, -0.05) is 0 Å². The van der Waals surface area contributed by atoms with Crippen LogP contribution in [0.1, 0.15) is 0 Å². The van der Waals surface area contributed by atoms with Crippen LogP contribution in [0.5, 0.6) is 0 Å². The Hall–Kier alpha value is -1.02. The second kappa shape index (κ2) is 4.10. The third kappa shape index (κ3) is 3.53. The van der Waals surface area contributed by atoms with Gasteiger partial charge in [-0.05, 0) is 18.2 Å². The summed E-state index contributed by atoms with van der Waals surface area (Å²) >= 11 is 0. The Morgan fingerprint density at radius 2 is 1.75 bits per heavy atom. The molecule has 1 aromatic rings. The van der Waals surface area contributed by atoms with E-state index in [9.17, 15) is 20.9 Å². The molecule has 0 bridgehead atoms. The van der Waals surface area contributed by atoms with Gasteiger partial charge in [0.1, 0.15) is 10.7 Å². The molecule has 8 heteroatoms. The molecule has 4 nitrogen and oxygen atoms in total. The molecule has 0 saturated carbocycles. The molecule has 0 radical (unpaired) electrons. The Morgan fingerprint density at radius 1 is 1.19 bits per heavy atom. The van der Waals surface area contributed by atoms with Crippen LogP contribution < -0.4 is 0 Å². The quantitative estimate of drug-likeness (QED) is 0.770. The minimum absolute atomic E-state index is 0.0485. The molecule has 0 aromatic heterocycles. The van der Waals surface area contributed by atoms with Gasteiger partial charge in [-0.3, -0.25) is 0 Å². The molecule has 0 unspecified atom stereocenters. The fourth-order valence-electron chi connectivity index (χ4n) is 0.990. The molecular formula is C8H9F2NO3S2. The van der Waals surface area contributed by atoms with Gasteiger partial charge in [0.05, 0.1) is 5.69 Å². The van der Waals surface area contributed by atoms with Gasteiger partial charge in [-0.25, -0.2) is 8.60 Å². The predicted octanol–water partition coefficient (Wildman–Crippen LogP) is 1.84. The van der Waals surface area contributed by atoms with E-state index in [4.69, 9.17) is 0 Å². The van der Waals surface area contributed by atoms with Gasteiger partial charge >= 0.3 is 10.2 Å². The van der Waals surface area contributed by atoms with Crippen LogP contribution in [-0.2, 0) is 20.0 Å². The van der Waals surface area contributed by atoms with Gasteiger partial charge in [0.15, 0.2) is 0 Å². The van der Waals surface area contributed by atoms with Crippen molar-refractivity contribution >= 4 is 25.6 Å². The van der Waals surface area contributed by atoms with Crippen LogP contribution in [0, 0.1) is 5.82 Å². The highest BCUT2D eigenvalue weighted by atomic mass is 32.3. The topological polar surface area (TPSA) is 63.6 Å². The van der Waals surface area contributed by atoms with Crippen molar-refractivity contribution in [3.63, 3.8) is 0 Å². The Labute approximate surface area is 92.7 Å². The smallest absolute Gasteiger partial charge is 0.250 e. The number of hydrogen-bond donors (Lipinski definition) is 0. The molecule has 0 amide bonds. The molecule has 0 N–H and O–H groups in total. The predicted molar refractivity (Wildman–Crippen MR) is 56.8 cm³/mol. The van der Waals surface area contributed by atoms with E-state index in [0.717, 1.165) is 12.1 Å². The lowest BCUT2D eigenvalue weighted by Crippen LogP contribution is -1.96. The lowest BCUT2D eigenvalue weighted by molar-refractivity contribution is 0.533. The second-order valence-corrected chi connectivity index (χ2v) is 7.19. The van der Waals surface area contributed by atoms with Crippen molar-refractivity contribution in [2.24, 2.45) is 4.36 Å². The summed E-state index contributed by atoms with van der Waals surface area (Å²) in [5.41, 5.74) is -0.0485. The summed E-state index contributed by atoms with van der Waals surface area (Å²) in [6.45, 7) is 0. The molecule has 0 aliphatic heterocycles. The van der Waals surface area contributed by atoms with E-state index in [0.29, 0.717) is 6.07 Å². The van der Waals surface area contributed by atoms with E-state index in [1.807, 2.05) is 0 Å². The molecule has 0 atom stereocenters. The number of benzene rings is 1. The van der Waals surface area contributed by atoms with E-state index in [2.05, 4.69) is 4.36 Å². The molecule has 0 heterocycles. The Morgan fingerprint density at radius 3 is 2.19 bits per heavy atom. The maximum absolute atomic E-state index is 13.0. The van der Waals surface area contributed by atoms with Gasteiger partial charge in [0.25, 0.3) is 0 Å². The minimum Gasteiger partial charge on any atom is -0.250 e. The monoisotopic (exact) mass is 269 g/mol. The highest BCUT2D eigenvalue weighted by molar-refractivity contribution is 7.92. The van der Waals surface area contributed by atoms with Crippen LogP contribution in [0.4, 0.5) is 14.0 Å². The van der Waals surface area contributed by atoms with E-state index < -0.39 is 30.7 Å². The highest BCUT2D eigenvalue weighted by Gasteiger charge is 2.18. The van der Waals surface area contributed by atoms with E-state index >= 15 is 0 Å². The van der Waals surface area contributed by atoms with Crippen molar-refractivity contribution in [3.05, 3.63) is 24.0 Å². The zero-order chi connectivity index (χ0) is 12.6. The van der Waals surface area contributed by atoms with Crippen molar-refractivity contribution < 1.29 is 20.9 Å². The van der Waals surface area contributed by atoms with Crippen LogP contribution in [0.15, 0.2) is 27.5 Å². The minimum atomic E-state index is -5.14. The molecule has 90 valence electrons. The normalized spacial score (nSPS) is 12.5. The van der Waals surface area contributed by atoms with Crippen LogP contribution in [0.2, 0.25) is 0 Å². The van der Waals surface area contributed by atoms with E-state index in [-0.39, 0.29) is 5.69 Å². The first-order valence-corrected chi connectivity index (χ1v) is 7.72. The molecule has 0 spiro atoms. The van der Waals surface area contributed by atoms with E-state index in [1.54, 1.807) is 0 Å². The van der Waals surface area contributed by atoms with Crippen molar-refractivity contribution in [1.29, 1.82) is 0 Å². The van der Waals surface area contributed by atoms with Crippen LogP contribution in [0.3, 0.4) is 0 Å². The number of nitrogens with zero attached hydrogens (tertiary/aromatic N) is 1. The summed E-state index contributed by atoms with van der Waals surface area (Å²) in [5.74, 6) is -1.21. The third-order valence-electron chi connectivity index (χ3n) is 1.50. The zero-order valence-corrected chi connectivity index (χ0v) is 10.1. The summed E-state index contributed by atoms with van der Waals surface area (Å²) in [4.78, 5) is -1.10. The first-order valence-electron chi connectivity index (χ1n) is 4.01. The first kappa shape index (κ1) is 13.0. The maximum atomic E-state index is 13.0. The second-order valence-electron chi connectivity index (χ2n) is 3.33. The van der Waals surface area contributed by atoms with Crippen LogP contribution >= 0.6 is 0 Å². The Kier molecular flexibility index (Phi) is 3.34. The lowest BCUT2D eigenvalue weighted by atomic mass is 10.3. The summed E-state index contributed by atoms with van der Waals surface area (Å²) < 4.78 is 61.6. The van der Waals surface area contributed by atoms with Crippen molar-refractivity contribution in [2.75, 3.05) is 12.5 Å². The fraction of sp³-hybridized carbons (Fsp3) is 0.250. The third-order valence-corrected chi connectivity index (χ3v) is 2.99. The van der Waals surface area contributed by atoms with Crippen molar-refractivity contribution in [2.45, 2.75) is 4.90 Å². The molecule has 0 aliphatic carbocycles. The first-order chi connectivity index (χ1) is 7.09. The number of hydrogen-bond acceptors (Lipinski definition) is 4. The zero-order valence-electron chi connectivity index (χ0n) is 8.48. The molecule has 1 aromatic carbocycles. The lowest BCUT2D eigenvalue weighted by Gasteiger charge is -2.00. The average molecular weight is 269 g/mol. The summed E-state index contributed by atoms with van der Waals surface area (Å²) in [7, 11) is -7.66. The summed E-state index contributed by atoms with van der Waals surface area (Å²) in [6.07, 6.45) is 2.64. The van der Waals surface area contributed by atoms with Crippen molar-refractivity contribution in [3.8, 4) is 0 Å². The molecule has 0 fully saturated rings. The SMILES string of the molecule is CS(C)(=O)=Nc1ccc(F)c(S(=O)(=O)F)c1. The van der Waals surface area contributed by atoms with Crippen LogP contribution in [0.25, 0.3) is 0 Å². The van der Waals surface area contributed by atoms with Crippen molar-refractivity contribution in [1.82, 2.24) is 0 Å². The summed E-state index contributed by atoms with van der Waals surface area (Å²) in [6, 6.07) is 2.59. The largest absolute Gasteiger partial charge is 0.335 e. The Balaban J connectivity index is 3.47. The maximum Gasteiger partial charge on any atom is 0.335 e. The van der Waals surface area contributed by atoms with Gasteiger partial charge in [0.2, 0.25) is 0 Å². The van der Waals surface area contributed by atoms with Crippen LogP contribution in [-0.4, -0.2) is 25.1 Å². The fourth-order valence-corrected chi connectivity index (χ4v) is 2.17. The van der Waals surface area contributed by atoms with Gasteiger partial charge in [0, 0.05) is 22.2 Å². The summed E-state index contributed by atoms with van der Waals surface area (Å²) in [5, 5.41) is 0. The molecule has 1 rings (SSSR count). The van der Waals surface area contributed by atoms with Gasteiger partial charge in [-0.15, -0.1) is 3.89 Å². The number of halogens is 2. The molecular weight excluding hydrogens is 260 g/mol. The molecule has 0 saturated heterocycles. The van der Waals surface area contributed by atoms with E-state index in [1.165, 1.54) is 12.5 Å². The van der Waals surface area contributed by atoms with Gasteiger partial charge in [-0.2, -0.15) is 12.8 Å². The average Bonchev–Trinajstić information content (AvgIpc) is 2.04. The standard InChI is InChI=1S/C8H9F2NO3S2/c1-15(2,12)11-6-3-4-7(9)8(5-6)16(10,13)14/h3-5H,1-2H3. The molecule has 0 aliphatic rings. The van der Waals surface area contributed by atoms with Gasteiger partial charge < -0.3 is 0 Å². The highest BCUT2D eigenvalue weighted by Crippen LogP contribution is 2.23. The Bertz CT molecular complexity index is 623.